The van der Waals surface area contributed by atoms with Crippen molar-refractivity contribution in [1.82, 2.24) is 4.90 Å². The number of carbonyl (C=O) groups excluding carboxylic acids is 3. The minimum absolute atomic E-state index is 0.0640. The Morgan fingerprint density at radius 3 is 2.57 bits per heavy atom. The number of hydrogen-bond acceptors (Lipinski definition) is 5. The van der Waals surface area contributed by atoms with Crippen LogP contribution in [0.5, 0.6) is 0 Å². The summed E-state index contributed by atoms with van der Waals surface area (Å²) in [7, 11) is 0. The topological polar surface area (TPSA) is 100 Å². The molecule has 2 fully saturated rings. The standard InChI is InChI=1S/C25H29ClN4O5/c1-3-35-20-13-22(30(14-20)25(33)28-18-6-4-17(26)5-7-18)24(32)27-19-8-9-21(16(2)12-19)29-10-11-34-15-23(29)31/h4-9,12,20,22H,3,10-11,13-15H2,1-2H3,(H,27,32)(H,28,33)/t20-,22?/m1/s1. The average Bonchev–Trinajstić information content (AvgIpc) is 3.26. The summed E-state index contributed by atoms with van der Waals surface area (Å²) >= 11 is 5.93. The second-order valence-corrected chi connectivity index (χ2v) is 8.94. The molecule has 2 N–H and O–H groups in total. The zero-order chi connectivity index (χ0) is 24.9. The number of carbonyl (C=O) groups is 3. The van der Waals surface area contributed by atoms with Gasteiger partial charge in [-0.25, -0.2) is 4.79 Å². The predicted octanol–water partition coefficient (Wildman–Crippen LogP) is 3.66. The monoisotopic (exact) mass is 500 g/mol. The number of rotatable bonds is 6. The van der Waals surface area contributed by atoms with Crippen LogP contribution in [0, 0.1) is 6.92 Å². The number of hydrogen-bond donors (Lipinski definition) is 2. The Kier molecular flexibility index (Phi) is 7.90. The summed E-state index contributed by atoms with van der Waals surface area (Å²) in [4.78, 5) is 41.6. The van der Waals surface area contributed by atoms with Crippen LogP contribution >= 0.6 is 11.6 Å². The molecule has 2 aliphatic heterocycles. The van der Waals surface area contributed by atoms with Gasteiger partial charge in [0.05, 0.1) is 12.7 Å². The van der Waals surface area contributed by atoms with Crippen LogP contribution in [0.15, 0.2) is 42.5 Å². The molecule has 9 nitrogen and oxygen atoms in total. The summed E-state index contributed by atoms with van der Waals surface area (Å²) in [6.07, 6.45) is 0.163. The zero-order valence-electron chi connectivity index (χ0n) is 19.8. The summed E-state index contributed by atoms with van der Waals surface area (Å²) in [6.45, 7) is 5.61. The summed E-state index contributed by atoms with van der Waals surface area (Å²) < 4.78 is 10.9. The van der Waals surface area contributed by atoms with Crippen molar-refractivity contribution < 1.29 is 23.9 Å². The van der Waals surface area contributed by atoms with E-state index in [2.05, 4.69) is 10.6 Å². The van der Waals surface area contributed by atoms with Gasteiger partial charge in [-0.1, -0.05) is 11.6 Å². The second kappa shape index (κ2) is 11.1. The van der Waals surface area contributed by atoms with Crippen LogP contribution in [0.2, 0.25) is 5.02 Å². The number of anilines is 3. The van der Waals surface area contributed by atoms with E-state index in [9.17, 15) is 14.4 Å². The number of morpholine rings is 1. The predicted molar refractivity (Wildman–Crippen MR) is 134 cm³/mol. The number of ether oxygens (including phenoxy) is 2. The van der Waals surface area contributed by atoms with E-state index >= 15 is 0 Å². The lowest BCUT2D eigenvalue weighted by molar-refractivity contribution is -0.125. The molecule has 2 aromatic carbocycles. The Balaban J connectivity index is 1.46. The van der Waals surface area contributed by atoms with Crippen LogP contribution < -0.4 is 15.5 Å². The van der Waals surface area contributed by atoms with Crippen LogP contribution in [0.4, 0.5) is 21.9 Å². The van der Waals surface area contributed by atoms with Crippen molar-refractivity contribution in [3.63, 3.8) is 0 Å². The molecule has 0 aliphatic carbocycles. The van der Waals surface area contributed by atoms with Crippen LogP contribution in [-0.4, -0.2) is 67.8 Å². The fourth-order valence-electron chi connectivity index (χ4n) is 4.39. The van der Waals surface area contributed by atoms with Crippen LogP contribution in [-0.2, 0) is 19.1 Å². The first-order valence-electron chi connectivity index (χ1n) is 11.6. The van der Waals surface area contributed by atoms with Gasteiger partial charge in [0, 0.05) is 48.2 Å². The molecule has 186 valence electrons. The van der Waals surface area contributed by atoms with E-state index in [4.69, 9.17) is 21.1 Å². The molecule has 2 heterocycles. The molecule has 2 atom stereocenters. The first-order chi connectivity index (χ1) is 16.9. The Labute approximate surface area is 209 Å². The van der Waals surface area contributed by atoms with Crippen molar-refractivity contribution in [2.75, 3.05) is 48.4 Å². The molecule has 2 aliphatic rings. The minimum atomic E-state index is -0.695. The third kappa shape index (κ3) is 5.93. The number of aryl methyl sites for hydroxylation is 1. The van der Waals surface area contributed by atoms with Crippen molar-refractivity contribution in [1.29, 1.82) is 0 Å². The smallest absolute Gasteiger partial charge is 0.322 e. The molecule has 10 heteroatoms. The molecular weight excluding hydrogens is 472 g/mol. The molecule has 0 saturated carbocycles. The van der Waals surface area contributed by atoms with E-state index in [-0.39, 0.29) is 30.6 Å². The Morgan fingerprint density at radius 1 is 1.14 bits per heavy atom. The van der Waals surface area contributed by atoms with Crippen molar-refractivity contribution >= 4 is 46.5 Å². The highest BCUT2D eigenvalue weighted by Gasteiger charge is 2.40. The van der Waals surface area contributed by atoms with Gasteiger partial charge in [0.1, 0.15) is 12.6 Å². The number of halogens is 1. The van der Waals surface area contributed by atoms with Gasteiger partial charge < -0.3 is 29.9 Å². The van der Waals surface area contributed by atoms with Gasteiger partial charge in [0.25, 0.3) is 5.91 Å². The second-order valence-electron chi connectivity index (χ2n) is 8.51. The number of benzene rings is 2. The maximum Gasteiger partial charge on any atom is 0.322 e. The third-order valence-electron chi connectivity index (χ3n) is 6.07. The largest absolute Gasteiger partial charge is 0.377 e. The van der Waals surface area contributed by atoms with E-state index in [0.29, 0.717) is 49.1 Å². The summed E-state index contributed by atoms with van der Waals surface area (Å²) in [5, 5.41) is 6.31. The molecule has 2 saturated heterocycles. The highest BCUT2D eigenvalue weighted by molar-refractivity contribution is 6.30. The van der Waals surface area contributed by atoms with E-state index in [0.717, 1.165) is 11.3 Å². The first kappa shape index (κ1) is 25.0. The molecule has 0 spiro atoms. The van der Waals surface area contributed by atoms with E-state index in [1.807, 2.05) is 26.0 Å². The van der Waals surface area contributed by atoms with Gasteiger partial charge in [-0.3, -0.25) is 9.59 Å². The van der Waals surface area contributed by atoms with Crippen molar-refractivity contribution in [3.05, 3.63) is 53.1 Å². The molecular formula is C25H29ClN4O5. The Bertz CT molecular complexity index is 1090. The van der Waals surface area contributed by atoms with Crippen LogP contribution in [0.25, 0.3) is 0 Å². The zero-order valence-corrected chi connectivity index (χ0v) is 20.5. The summed E-state index contributed by atoms with van der Waals surface area (Å²) in [5.41, 5.74) is 2.82. The number of amides is 4. The highest BCUT2D eigenvalue weighted by Crippen LogP contribution is 2.27. The molecule has 0 bridgehead atoms. The lowest BCUT2D eigenvalue weighted by atomic mass is 10.1. The number of nitrogens with one attached hydrogen (secondary N) is 2. The SMILES string of the molecule is CCO[C@@H]1CC(C(=O)Nc2ccc(N3CCOCC3=O)c(C)c2)N(C(=O)Nc2ccc(Cl)cc2)C1. The van der Waals surface area contributed by atoms with Crippen molar-refractivity contribution in [3.8, 4) is 0 Å². The van der Waals surface area contributed by atoms with Crippen molar-refractivity contribution in [2.24, 2.45) is 0 Å². The van der Waals surface area contributed by atoms with Gasteiger partial charge >= 0.3 is 6.03 Å². The molecule has 0 radical (unpaired) electrons. The lowest BCUT2D eigenvalue weighted by Crippen LogP contribution is -2.45. The van der Waals surface area contributed by atoms with Gasteiger partial charge in [-0.15, -0.1) is 0 Å². The fraction of sp³-hybridized carbons (Fsp3) is 0.400. The maximum absolute atomic E-state index is 13.2. The molecule has 2 aromatic rings. The maximum atomic E-state index is 13.2. The molecule has 35 heavy (non-hydrogen) atoms. The summed E-state index contributed by atoms with van der Waals surface area (Å²) in [6, 6.07) is 11.1. The molecule has 1 unspecified atom stereocenters. The average molecular weight is 501 g/mol. The van der Waals surface area contributed by atoms with Crippen molar-refractivity contribution in [2.45, 2.75) is 32.4 Å². The Morgan fingerprint density at radius 2 is 1.89 bits per heavy atom. The number of likely N-dealkylation sites (tertiary alicyclic amines) is 1. The van der Waals surface area contributed by atoms with Gasteiger partial charge in [0.15, 0.2) is 0 Å². The fourth-order valence-corrected chi connectivity index (χ4v) is 4.52. The molecule has 0 aromatic heterocycles. The number of nitrogens with zero attached hydrogens (tertiary/aromatic N) is 2. The third-order valence-corrected chi connectivity index (χ3v) is 6.32. The van der Waals surface area contributed by atoms with E-state index < -0.39 is 6.04 Å². The van der Waals surface area contributed by atoms with Gasteiger partial charge in [0.2, 0.25) is 5.91 Å². The minimum Gasteiger partial charge on any atom is -0.377 e. The first-order valence-corrected chi connectivity index (χ1v) is 12.0. The van der Waals surface area contributed by atoms with Gasteiger partial charge in [-0.05, 0) is 61.9 Å². The molecule has 4 amide bonds. The van der Waals surface area contributed by atoms with Crippen LogP contribution in [0.3, 0.4) is 0 Å². The van der Waals surface area contributed by atoms with Crippen LogP contribution in [0.1, 0.15) is 18.9 Å². The van der Waals surface area contributed by atoms with Gasteiger partial charge in [-0.2, -0.15) is 0 Å². The van der Waals surface area contributed by atoms with E-state index in [1.54, 1.807) is 35.2 Å². The normalized spacial score (nSPS) is 20.1. The highest BCUT2D eigenvalue weighted by atomic mass is 35.5. The summed E-state index contributed by atoms with van der Waals surface area (Å²) in [5.74, 6) is -0.389. The molecule has 4 rings (SSSR count). The van der Waals surface area contributed by atoms with E-state index in [1.165, 1.54) is 4.90 Å². The number of urea groups is 1. The quantitative estimate of drug-likeness (QED) is 0.630. The Hall–Kier alpha value is -3.14. The lowest BCUT2D eigenvalue weighted by Gasteiger charge is -2.28.